The Morgan fingerprint density at radius 1 is 1.00 bits per heavy atom. The van der Waals surface area contributed by atoms with Crippen molar-refractivity contribution in [3.8, 4) is 0 Å². The van der Waals surface area contributed by atoms with Gasteiger partial charge in [-0.3, -0.25) is 19.7 Å². The first-order valence-corrected chi connectivity index (χ1v) is 11.0. The first-order valence-electron chi connectivity index (χ1n) is 11.0. The number of nitro benzene ring substituents is 1. The molecule has 168 valence electrons. The van der Waals surface area contributed by atoms with Gasteiger partial charge in [0.25, 0.3) is 11.6 Å². The van der Waals surface area contributed by atoms with Crippen molar-refractivity contribution >= 4 is 28.9 Å². The van der Waals surface area contributed by atoms with Crippen LogP contribution in [0.4, 0.5) is 17.1 Å². The van der Waals surface area contributed by atoms with E-state index in [9.17, 15) is 19.7 Å². The molecule has 7 nitrogen and oxygen atoms in total. The molecular formula is C26H25N3O4. The summed E-state index contributed by atoms with van der Waals surface area (Å²) < 4.78 is 0. The first kappa shape index (κ1) is 22.2. The van der Waals surface area contributed by atoms with E-state index in [0.29, 0.717) is 18.4 Å². The molecule has 1 aliphatic rings. The molecule has 4 rings (SSSR count). The lowest BCUT2D eigenvalue weighted by atomic mass is 9.89. The third kappa shape index (κ3) is 4.22. The number of benzene rings is 3. The Labute approximate surface area is 192 Å². The highest BCUT2D eigenvalue weighted by molar-refractivity contribution is 6.07. The van der Waals surface area contributed by atoms with E-state index < -0.39 is 4.92 Å². The fraction of sp³-hybridized carbons (Fsp3) is 0.231. The highest BCUT2D eigenvalue weighted by Crippen LogP contribution is 2.43. The summed E-state index contributed by atoms with van der Waals surface area (Å²) in [5.74, 6) is -0.209. The summed E-state index contributed by atoms with van der Waals surface area (Å²) in [6.45, 7) is 3.84. The number of non-ortho nitro benzene ring substituents is 1. The molecule has 0 aliphatic carbocycles. The zero-order chi connectivity index (χ0) is 23.5. The van der Waals surface area contributed by atoms with E-state index in [-0.39, 0.29) is 29.6 Å². The maximum Gasteiger partial charge on any atom is 0.269 e. The Balaban J connectivity index is 1.82. The van der Waals surface area contributed by atoms with Crippen LogP contribution in [0.2, 0.25) is 0 Å². The number of hydrogen-bond acceptors (Lipinski definition) is 4. The summed E-state index contributed by atoms with van der Waals surface area (Å²) in [6, 6.07) is 22.3. The van der Waals surface area contributed by atoms with Gasteiger partial charge in [0.2, 0.25) is 5.91 Å². The lowest BCUT2D eigenvalue weighted by Gasteiger charge is -2.43. The summed E-state index contributed by atoms with van der Waals surface area (Å²) in [4.78, 5) is 40.6. The molecule has 0 fully saturated rings. The molecule has 0 N–H and O–H groups in total. The molecule has 2 atom stereocenters. The number of rotatable bonds is 5. The Bertz CT molecular complexity index is 1180. The van der Waals surface area contributed by atoms with Crippen LogP contribution >= 0.6 is 0 Å². The van der Waals surface area contributed by atoms with Crippen LogP contribution in [0.1, 0.15) is 48.7 Å². The van der Waals surface area contributed by atoms with Gasteiger partial charge >= 0.3 is 0 Å². The van der Waals surface area contributed by atoms with Crippen molar-refractivity contribution in [2.24, 2.45) is 0 Å². The Morgan fingerprint density at radius 3 is 2.27 bits per heavy atom. The smallest absolute Gasteiger partial charge is 0.269 e. The first-order chi connectivity index (χ1) is 15.9. The molecule has 7 heteroatoms. The van der Waals surface area contributed by atoms with E-state index in [1.165, 1.54) is 24.3 Å². The number of carbonyl (C=O) groups is 2. The van der Waals surface area contributed by atoms with Crippen LogP contribution in [0.3, 0.4) is 0 Å². The number of hydrogen-bond donors (Lipinski definition) is 0. The van der Waals surface area contributed by atoms with Crippen molar-refractivity contribution in [2.45, 2.75) is 38.8 Å². The van der Waals surface area contributed by atoms with Crippen LogP contribution in [0.15, 0.2) is 78.9 Å². The third-order valence-electron chi connectivity index (χ3n) is 6.02. The lowest BCUT2D eigenvalue weighted by Crippen LogP contribution is -2.47. The minimum Gasteiger partial charge on any atom is -0.309 e. The van der Waals surface area contributed by atoms with E-state index in [1.54, 1.807) is 4.90 Å². The maximum atomic E-state index is 13.8. The SMILES string of the molecule is CCC(=O)N1c2ccccc2[C@H](N(C(=O)c2ccc([N+](=O)[O-])cc2)c2ccccc2)C[C@@H]1C. The van der Waals surface area contributed by atoms with Gasteiger partial charge in [0, 0.05) is 41.5 Å². The van der Waals surface area contributed by atoms with Crippen molar-refractivity contribution < 1.29 is 14.5 Å². The highest BCUT2D eigenvalue weighted by Gasteiger charge is 2.38. The average molecular weight is 444 g/mol. The van der Waals surface area contributed by atoms with Crippen molar-refractivity contribution in [2.75, 3.05) is 9.80 Å². The van der Waals surface area contributed by atoms with Gasteiger partial charge in [0.1, 0.15) is 0 Å². The normalized spacial score (nSPS) is 17.2. The molecule has 0 spiro atoms. The molecule has 3 aromatic carbocycles. The second-order valence-electron chi connectivity index (χ2n) is 8.09. The van der Waals surface area contributed by atoms with Crippen LogP contribution in [0, 0.1) is 10.1 Å². The molecule has 0 radical (unpaired) electrons. The second kappa shape index (κ2) is 9.24. The fourth-order valence-corrected chi connectivity index (χ4v) is 4.47. The minimum absolute atomic E-state index is 0.0429. The average Bonchev–Trinajstić information content (AvgIpc) is 2.84. The molecular weight excluding hydrogens is 418 g/mol. The molecule has 0 saturated carbocycles. The van der Waals surface area contributed by atoms with Crippen LogP contribution in [0.25, 0.3) is 0 Å². The second-order valence-corrected chi connectivity index (χ2v) is 8.09. The molecule has 3 aromatic rings. The summed E-state index contributed by atoms with van der Waals surface area (Å²) in [7, 11) is 0. The van der Waals surface area contributed by atoms with E-state index >= 15 is 0 Å². The number of anilines is 2. The predicted octanol–water partition coefficient (Wildman–Crippen LogP) is 5.52. The standard InChI is InChI=1S/C26H25N3O4/c1-3-25(30)27-18(2)17-24(22-11-7-8-12-23(22)27)28(20-9-5-4-6-10-20)26(31)19-13-15-21(16-14-19)29(32)33/h4-16,18,24H,3,17H2,1-2H3/t18-,24+/m0/s1. The topological polar surface area (TPSA) is 83.8 Å². The number of carbonyl (C=O) groups excluding carboxylic acids is 2. The monoisotopic (exact) mass is 443 g/mol. The largest absolute Gasteiger partial charge is 0.309 e. The van der Waals surface area contributed by atoms with Crippen molar-refractivity contribution in [1.29, 1.82) is 0 Å². The van der Waals surface area contributed by atoms with Gasteiger partial charge in [-0.15, -0.1) is 0 Å². The number of fused-ring (bicyclic) bond motifs is 1. The molecule has 1 aliphatic heterocycles. The van der Waals surface area contributed by atoms with Crippen LogP contribution in [-0.4, -0.2) is 22.8 Å². The van der Waals surface area contributed by atoms with Crippen molar-refractivity contribution in [1.82, 2.24) is 0 Å². The Hall–Kier alpha value is -4.00. The minimum atomic E-state index is -0.485. The van der Waals surface area contributed by atoms with Gasteiger partial charge in [0.05, 0.1) is 11.0 Å². The Morgan fingerprint density at radius 2 is 1.64 bits per heavy atom. The zero-order valence-electron chi connectivity index (χ0n) is 18.5. The zero-order valence-corrected chi connectivity index (χ0v) is 18.5. The van der Waals surface area contributed by atoms with Crippen LogP contribution < -0.4 is 9.80 Å². The van der Waals surface area contributed by atoms with E-state index in [2.05, 4.69) is 0 Å². The van der Waals surface area contributed by atoms with Crippen molar-refractivity contribution in [3.05, 3.63) is 100 Å². The molecule has 1 heterocycles. The molecule has 0 saturated heterocycles. The van der Waals surface area contributed by atoms with Crippen LogP contribution in [-0.2, 0) is 4.79 Å². The van der Waals surface area contributed by atoms with Gasteiger partial charge in [-0.05, 0) is 49.2 Å². The molecule has 0 unspecified atom stereocenters. The molecule has 2 amide bonds. The van der Waals surface area contributed by atoms with Crippen molar-refractivity contribution in [3.63, 3.8) is 0 Å². The van der Waals surface area contributed by atoms with E-state index in [4.69, 9.17) is 0 Å². The summed E-state index contributed by atoms with van der Waals surface area (Å²) in [5, 5.41) is 11.0. The fourth-order valence-electron chi connectivity index (χ4n) is 4.47. The number of nitro groups is 1. The highest BCUT2D eigenvalue weighted by atomic mass is 16.6. The number of para-hydroxylation sites is 2. The van der Waals surface area contributed by atoms with Crippen LogP contribution in [0.5, 0.6) is 0 Å². The van der Waals surface area contributed by atoms with Gasteiger partial charge in [0.15, 0.2) is 0 Å². The summed E-state index contributed by atoms with van der Waals surface area (Å²) in [5.41, 5.74) is 2.73. The molecule has 0 bridgehead atoms. The maximum absolute atomic E-state index is 13.8. The molecule has 0 aromatic heterocycles. The number of amides is 2. The van der Waals surface area contributed by atoms with Gasteiger partial charge in [-0.1, -0.05) is 43.3 Å². The van der Waals surface area contributed by atoms with Gasteiger partial charge < -0.3 is 9.80 Å². The number of nitrogens with zero attached hydrogens (tertiary/aromatic N) is 3. The van der Waals surface area contributed by atoms with E-state index in [0.717, 1.165) is 16.9 Å². The van der Waals surface area contributed by atoms with Gasteiger partial charge in [-0.2, -0.15) is 0 Å². The third-order valence-corrected chi connectivity index (χ3v) is 6.02. The molecule has 33 heavy (non-hydrogen) atoms. The predicted molar refractivity (Wildman–Crippen MR) is 127 cm³/mol. The van der Waals surface area contributed by atoms with E-state index in [1.807, 2.05) is 73.3 Å². The Kier molecular flexibility index (Phi) is 6.22. The van der Waals surface area contributed by atoms with Gasteiger partial charge in [-0.25, -0.2) is 0 Å². The quantitative estimate of drug-likeness (QED) is 0.384. The summed E-state index contributed by atoms with van der Waals surface area (Å²) >= 11 is 0. The summed E-state index contributed by atoms with van der Waals surface area (Å²) in [6.07, 6.45) is 0.962. The lowest BCUT2D eigenvalue weighted by molar-refractivity contribution is -0.384.